The van der Waals surface area contributed by atoms with E-state index < -0.39 is 0 Å². The van der Waals surface area contributed by atoms with Gasteiger partial charge in [0, 0.05) is 17.9 Å². The highest BCUT2D eigenvalue weighted by atomic mass is 35.5. The van der Waals surface area contributed by atoms with Gasteiger partial charge in [-0.2, -0.15) is 0 Å². The summed E-state index contributed by atoms with van der Waals surface area (Å²) in [6, 6.07) is 3.98. The maximum absolute atomic E-state index is 12.2. The molecular weight excluding hydrogens is 272 g/mol. The van der Waals surface area contributed by atoms with Crippen molar-refractivity contribution in [3.8, 4) is 5.75 Å². The number of rotatable bonds is 7. The Morgan fingerprint density at radius 1 is 1.25 bits per heavy atom. The van der Waals surface area contributed by atoms with Gasteiger partial charge < -0.3 is 4.74 Å². The van der Waals surface area contributed by atoms with E-state index in [1.54, 1.807) is 0 Å². The maximum atomic E-state index is 12.2. The Balaban J connectivity index is 3.15. The third-order valence-corrected chi connectivity index (χ3v) is 3.45. The van der Waals surface area contributed by atoms with Gasteiger partial charge >= 0.3 is 0 Å². The van der Waals surface area contributed by atoms with Gasteiger partial charge in [-0.3, -0.25) is 4.79 Å². The second-order valence-electron chi connectivity index (χ2n) is 5.74. The highest BCUT2D eigenvalue weighted by Crippen LogP contribution is 2.31. The molecule has 20 heavy (non-hydrogen) atoms. The summed E-state index contributed by atoms with van der Waals surface area (Å²) in [6.45, 7) is 10.2. The molecule has 0 unspecified atom stereocenters. The number of hydrogen-bond donors (Lipinski definition) is 0. The van der Waals surface area contributed by atoms with Crippen molar-refractivity contribution in [2.75, 3.05) is 5.88 Å². The molecule has 0 aromatic heterocycles. The Bertz CT molecular complexity index is 464. The fraction of sp³-hybridized carbons (Fsp3) is 0.588. The lowest BCUT2D eigenvalue weighted by Gasteiger charge is -2.19. The maximum Gasteiger partial charge on any atom is 0.163 e. The van der Waals surface area contributed by atoms with Crippen LogP contribution in [0.3, 0.4) is 0 Å². The molecular formula is C17H25ClO2. The minimum absolute atomic E-state index is 0.129. The van der Waals surface area contributed by atoms with E-state index in [-0.39, 0.29) is 11.9 Å². The van der Waals surface area contributed by atoms with Crippen LogP contribution in [0.25, 0.3) is 0 Å². The molecule has 0 saturated carbocycles. The number of carbonyl (C=O) groups excluding carboxylic acids is 1. The summed E-state index contributed by atoms with van der Waals surface area (Å²) >= 11 is 5.66. The summed E-state index contributed by atoms with van der Waals surface area (Å²) in [4.78, 5) is 12.2. The molecule has 1 rings (SSSR count). The zero-order chi connectivity index (χ0) is 15.3. The van der Waals surface area contributed by atoms with Crippen molar-refractivity contribution < 1.29 is 9.53 Å². The molecule has 0 radical (unpaired) electrons. The lowest BCUT2D eigenvalue weighted by atomic mass is 9.93. The SMILES string of the molecule is Cc1cc(OC(C)C)c(C(C)C)cc1C(=O)CCCCl. The normalized spacial score (nSPS) is 11.2. The average molecular weight is 297 g/mol. The van der Waals surface area contributed by atoms with Gasteiger partial charge in [-0.15, -0.1) is 11.6 Å². The van der Waals surface area contributed by atoms with E-state index in [1.165, 1.54) is 0 Å². The van der Waals surface area contributed by atoms with E-state index in [2.05, 4.69) is 13.8 Å². The first-order valence-electron chi connectivity index (χ1n) is 7.27. The summed E-state index contributed by atoms with van der Waals surface area (Å²) in [6.07, 6.45) is 1.36. The number of benzene rings is 1. The van der Waals surface area contributed by atoms with Crippen LogP contribution in [0.4, 0.5) is 0 Å². The molecule has 112 valence electrons. The number of halogens is 1. The minimum Gasteiger partial charge on any atom is -0.491 e. The van der Waals surface area contributed by atoms with Crippen LogP contribution in [0.5, 0.6) is 5.75 Å². The molecule has 0 heterocycles. The van der Waals surface area contributed by atoms with Gasteiger partial charge in [0.05, 0.1) is 6.10 Å². The number of alkyl halides is 1. The van der Waals surface area contributed by atoms with Crippen molar-refractivity contribution in [2.45, 2.75) is 59.5 Å². The van der Waals surface area contributed by atoms with Crippen molar-refractivity contribution in [1.29, 1.82) is 0 Å². The highest BCUT2D eigenvalue weighted by Gasteiger charge is 2.16. The summed E-state index contributed by atoms with van der Waals surface area (Å²) < 4.78 is 5.87. The van der Waals surface area contributed by atoms with Crippen molar-refractivity contribution in [3.05, 3.63) is 28.8 Å². The van der Waals surface area contributed by atoms with Gasteiger partial charge in [0.1, 0.15) is 5.75 Å². The Hall–Kier alpha value is -1.02. The second kappa shape index (κ2) is 7.68. The van der Waals surface area contributed by atoms with Gasteiger partial charge in [0.25, 0.3) is 0 Å². The summed E-state index contributed by atoms with van der Waals surface area (Å²) in [7, 11) is 0. The van der Waals surface area contributed by atoms with Gasteiger partial charge in [-0.1, -0.05) is 13.8 Å². The van der Waals surface area contributed by atoms with Crippen LogP contribution in [0, 0.1) is 6.92 Å². The van der Waals surface area contributed by atoms with Crippen molar-refractivity contribution >= 4 is 17.4 Å². The largest absolute Gasteiger partial charge is 0.491 e. The van der Waals surface area contributed by atoms with E-state index in [1.807, 2.05) is 32.9 Å². The smallest absolute Gasteiger partial charge is 0.163 e. The first-order chi connectivity index (χ1) is 9.36. The summed E-state index contributed by atoms with van der Waals surface area (Å²) in [5, 5.41) is 0. The van der Waals surface area contributed by atoms with Crippen molar-refractivity contribution in [1.82, 2.24) is 0 Å². The van der Waals surface area contributed by atoms with Crippen molar-refractivity contribution in [3.63, 3.8) is 0 Å². The molecule has 0 saturated heterocycles. The third kappa shape index (κ3) is 4.52. The Labute approximate surface area is 127 Å². The average Bonchev–Trinajstić information content (AvgIpc) is 2.34. The predicted molar refractivity (Wildman–Crippen MR) is 85.3 cm³/mol. The summed E-state index contributed by atoms with van der Waals surface area (Å²) in [5.41, 5.74) is 2.87. The summed E-state index contributed by atoms with van der Waals surface area (Å²) in [5.74, 6) is 1.91. The number of ketones is 1. The molecule has 0 bridgehead atoms. The zero-order valence-corrected chi connectivity index (χ0v) is 13.9. The highest BCUT2D eigenvalue weighted by molar-refractivity contribution is 6.18. The van der Waals surface area contributed by atoms with Crippen LogP contribution in [-0.2, 0) is 0 Å². The van der Waals surface area contributed by atoms with Crippen LogP contribution < -0.4 is 4.74 Å². The minimum atomic E-state index is 0.129. The fourth-order valence-corrected chi connectivity index (χ4v) is 2.30. The molecule has 0 N–H and O–H groups in total. The second-order valence-corrected chi connectivity index (χ2v) is 6.12. The number of hydrogen-bond acceptors (Lipinski definition) is 2. The molecule has 0 aliphatic heterocycles. The number of Topliss-reactive ketones (excluding diaryl/α,β-unsaturated/α-hetero) is 1. The number of aryl methyl sites for hydroxylation is 1. The predicted octanol–water partition coefficient (Wildman–Crippen LogP) is 5.11. The lowest BCUT2D eigenvalue weighted by Crippen LogP contribution is -2.11. The molecule has 3 heteroatoms. The third-order valence-electron chi connectivity index (χ3n) is 3.18. The van der Waals surface area contributed by atoms with E-state index in [0.717, 1.165) is 28.9 Å². The van der Waals surface area contributed by atoms with Gasteiger partial charge in [0.15, 0.2) is 5.78 Å². The standard InChI is InChI=1S/C17H25ClO2/c1-11(2)14-10-15(16(19)7-6-8-18)13(5)9-17(14)20-12(3)4/h9-12H,6-8H2,1-5H3. The van der Waals surface area contributed by atoms with Crippen LogP contribution in [0.15, 0.2) is 12.1 Å². The molecule has 1 aromatic carbocycles. The monoisotopic (exact) mass is 296 g/mol. The van der Waals surface area contributed by atoms with Crippen LogP contribution >= 0.6 is 11.6 Å². The first-order valence-corrected chi connectivity index (χ1v) is 7.80. The molecule has 0 aliphatic carbocycles. The zero-order valence-electron chi connectivity index (χ0n) is 13.1. The molecule has 0 atom stereocenters. The molecule has 0 amide bonds. The Morgan fingerprint density at radius 3 is 2.40 bits per heavy atom. The van der Waals surface area contributed by atoms with Crippen molar-refractivity contribution in [2.24, 2.45) is 0 Å². The molecule has 0 fully saturated rings. The van der Waals surface area contributed by atoms with Crippen LogP contribution in [0.1, 0.15) is 67.9 Å². The fourth-order valence-electron chi connectivity index (χ4n) is 2.17. The van der Waals surface area contributed by atoms with E-state index in [4.69, 9.17) is 16.3 Å². The Kier molecular flexibility index (Phi) is 6.54. The quantitative estimate of drug-likeness (QED) is 0.516. The van der Waals surface area contributed by atoms with Gasteiger partial charge in [-0.25, -0.2) is 0 Å². The number of ether oxygens (including phenoxy) is 1. The molecule has 1 aromatic rings. The lowest BCUT2D eigenvalue weighted by molar-refractivity contribution is 0.0981. The van der Waals surface area contributed by atoms with E-state index in [0.29, 0.717) is 18.2 Å². The first kappa shape index (κ1) is 17.0. The topological polar surface area (TPSA) is 26.3 Å². The number of carbonyl (C=O) groups is 1. The van der Waals surface area contributed by atoms with E-state index >= 15 is 0 Å². The van der Waals surface area contributed by atoms with Crippen LogP contribution in [-0.4, -0.2) is 17.8 Å². The van der Waals surface area contributed by atoms with E-state index in [9.17, 15) is 4.79 Å². The molecule has 2 nitrogen and oxygen atoms in total. The molecule has 0 aliphatic rings. The van der Waals surface area contributed by atoms with Gasteiger partial charge in [-0.05, 0) is 56.4 Å². The molecule has 0 spiro atoms. The van der Waals surface area contributed by atoms with Gasteiger partial charge in [0.2, 0.25) is 0 Å². The van der Waals surface area contributed by atoms with Crippen LogP contribution in [0.2, 0.25) is 0 Å². The Morgan fingerprint density at radius 2 is 1.90 bits per heavy atom.